The van der Waals surface area contributed by atoms with Gasteiger partial charge in [-0.25, -0.2) is 8.42 Å². The van der Waals surface area contributed by atoms with Crippen LogP contribution in [0.5, 0.6) is 5.75 Å². The van der Waals surface area contributed by atoms with Gasteiger partial charge in [0.25, 0.3) is 15.9 Å². The zero-order valence-corrected chi connectivity index (χ0v) is 17.6. The van der Waals surface area contributed by atoms with Crippen molar-refractivity contribution in [1.29, 1.82) is 0 Å². The SMILES string of the molecule is O=C(NCCCc1ccc(O)cc1)c1cccc(S(=O)(=O)Nc2ccc(Cl)cc2)c1. The van der Waals surface area contributed by atoms with Crippen LogP contribution in [-0.4, -0.2) is 26.0 Å². The zero-order valence-electron chi connectivity index (χ0n) is 16.0. The Balaban J connectivity index is 1.58. The number of hydrogen-bond acceptors (Lipinski definition) is 4. The summed E-state index contributed by atoms with van der Waals surface area (Å²) in [5, 5.41) is 12.6. The Morgan fingerprint density at radius 2 is 1.67 bits per heavy atom. The highest BCUT2D eigenvalue weighted by Crippen LogP contribution is 2.19. The van der Waals surface area contributed by atoms with Gasteiger partial charge in [-0.05, 0) is 73.0 Å². The smallest absolute Gasteiger partial charge is 0.261 e. The van der Waals surface area contributed by atoms with E-state index in [4.69, 9.17) is 11.6 Å². The van der Waals surface area contributed by atoms with Crippen LogP contribution in [0.4, 0.5) is 5.69 Å². The number of phenols is 1. The maximum absolute atomic E-state index is 12.6. The molecule has 0 aliphatic heterocycles. The Morgan fingerprint density at radius 1 is 0.967 bits per heavy atom. The number of carbonyl (C=O) groups is 1. The Bertz CT molecular complexity index is 1110. The fourth-order valence-electron chi connectivity index (χ4n) is 2.80. The number of phenolic OH excluding ortho intramolecular Hbond substituents is 1. The van der Waals surface area contributed by atoms with Gasteiger partial charge < -0.3 is 10.4 Å². The normalized spacial score (nSPS) is 11.1. The maximum Gasteiger partial charge on any atom is 0.261 e. The Kier molecular flexibility index (Phi) is 6.97. The summed E-state index contributed by atoms with van der Waals surface area (Å²) in [6, 6.07) is 19.1. The van der Waals surface area contributed by atoms with E-state index in [1.165, 1.54) is 18.2 Å². The predicted octanol–water partition coefficient (Wildman–Crippen LogP) is 4.21. The fraction of sp³-hybridized carbons (Fsp3) is 0.136. The molecule has 8 heteroatoms. The van der Waals surface area contributed by atoms with Crippen molar-refractivity contribution in [3.63, 3.8) is 0 Å². The standard InChI is InChI=1S/C22H21ClN2O4S/c23-18-8-10-19(11-9-18)25-30(28,29)21-5-1-4-17(15-21)22(27)24-14-2-3-16-6-12-20(26)13-7-16/h1,4-13,15,25-26H,2-3,14H2,(H,24,27). The first-order chi connectivity index (χ1) is 14.3. The molecule has 0 radical (unpaired) electrons. The van der Waals surface area contributed by atoms with E-state index in [0.29, 0.717) is 23.7 Å². The maximum atomic E-state index is 12.6. The second-order valence-corrected chi connectivity index (χ2v) is 8.78. The molecule has 3 aromatic rings. The quantitative estimate of drug-likeness (QED) is 0.453. The Hall–Kier alpha value is -3.03. The third-order valence-electron chi connectivity index (χ3n) is 4.37. The predicted molar refractivity (Wildman–Crippen MR) is 117 cm³/mol. The molecule has 0 aromatic heterocycles. The molecule has 0 fully saturated rings. The lowest BCUT2D eigenvalue weighted by Gasteiger charge is -2.10. The average Bonchev–Trinajstić information content (AvgIpc) is 2.74. The molecule has 1 amide bonds. The van der Waals surface area contributed by atoms with Crippen LogP contribution in [0.2, 0.25) is 5.02 Å². The topological polar surface area (TPSA) is 95.5 Å². The highest BCUT2D eigenvalue weighted by atomic mass is 35.5. The molecule has 0 bridgehead atoms. The number of sulfonamides is 1. The lowest BCUT2D eigenvalue weighted by molar-refractivity contribution is 0.0953. The first kappa shape index (κ1) is 21.7. The van der Waals surface area contributed by atoms with E-state index in [1.54, 1.807) is 42.5 Å². The van der Waals surface area contributed by atoms with E-state index in [0.717, 1.165) is 12.0 Å². The van der Waals surface area contributed by atoms with Gasteiger partial charge in [-0.3, -0.25) is 9.52 Å². The zero-order chi connectivity index (χ0) is 21.6. The van der Waals surface area contributed by atoms with Gasteiger partial charge in [0.05, 0.1) is 4.90 Å². The molecule has 0 aliphatic rings. The number of carbonyl (C=O) groups excluding carboxylic acids is 1. The van der Waals surface area contributed by atoms with E-state index in [1.807, 2.05) is 12.1 Å². The minimum atomic E-state index is -3.84. The number of hydrogen-bond donors (Lipinski definition) is 3. The van der Waals surface area contributed by atoms with Gasteiger partial charge in [-0.15, -0.1) is 0 Å². The number of amides is 1. The molecule has 3 N–H and O–H groups in total. The molecule has 0 heterocycles. The molecule has 6 nitrogen and oxygen atoms in total. The van der Waals surface area contributed by atoms with Crippen molar-refractivity contribution < 1.29 is 18.3 Å². The van der Waals surface area contributed by atoms with Crippen LogP contribution in [0.15, 0.2) is 77.7 Å². The number of rotatable bonds is 8. The van der Waals surface area contributed by atoms with Crippen molar-refractivity contribution >= 4 is 33.2 Å². The second-order valence-electron chi connectivity index (χ2n) is 6.67. The van der Waals surface area contributed by atoms with Gasteiger partial charge in [0.1, 0.15) is 5.75 Å². The van der Waals surface area contributed by atoms with E-state index < -0.39 is 10.0 Å². The summed E-state index contributed by atoms with van der Waals surface area (Å²) in [5.41, 5.74) is 1.70. The number of nitrogens with one attached hydrogen (secondary N) is 2. The Labute approximate surface area is 180 Å². The molecule has 0 atom stereocenters. The van der Waals surface area contributed by atoms with Crippen LogP contribution in [-0.2, 0) is 16.4 Å². The fourth-order valence-corrected chi connectivity index (χ4v) is 4.03. The average molecular weight is 445 g/mol. The molecule has 0 spiro atoms. The number of benzene rings is 3. The first-order valence-corrected chi connectivity index (χ1v) is 11.1. The van der Waals surface area contributed by atoms with Crippen molar-refractivity contribution in [3.8, 4) is 5.75 Å². The lowest BCUT2D eigenvalue weighted by atomic mass is 10.1. The van der Waals surface area contributed by atoms with Crippen molar-refractivity contribution in [2.45, 2.75) is 17.7 Å². The molecule has 30 heavy (non-hydrogen) atoms. The summed E-state index contributed by atoms with van der Waals surface area (Å²) >= 11 is 5.82. The summed E-state index contributed by atoms with van der Waals surface area (Å²) in [5.74, 6) is -0.128. The van der Waals surface area contributed by atoms with Crippen LogP contribution in [0.1, 0.15) is 22.3 Å². The molecule has 3 aromatic carbocycles. The number of aryl methyl sites for hydroxylation is 1. The summed E-state index contributed by atoms with van der Waals surface area (Å²) in [6.45, 7) is 0.444. The highest BCUT2D eigenvalue weighted by molar-refractivity contribution is 7.92. The van der Waals surface area contributed by atoms with Crippen molar-refractivity contribution in [3.05, 3.63) is 88.9 Å². The molecule has 0 aliphatic carbocycles. The van der Waals surface area contributed by atoms with E-state index in [2.05, 4.69) is 10.0 Å². The number of anilines is 1. The monoisotopic (exact) mass is 444 g/mol. The largest absolute Gasteiger partial charge is 0.508 e. The molecule has 3 rings (SSSR count). The second kappa shape index (κ2) is 9.65. The van der Waals surface area contributed by atoms with Crippen LogP contribution in [0.3, 0.4) is 0 Å². The number of halogens is 1. The Morgan fingerprint density at radius 3 is 2.37 bits per heavy atom. The van der Waals surface area contributed by atoms with E-state index >= 15 is 0 Å². The lowest BCUT2D eigenvalue weighted by Crippen LogP contribution is -2.25. The molecule has 0 saturated heterocycles. The molecule has 0 saturated carbocycles. The van der Waals surface area contributed by atoms with Crippen LogP contribution >= 0.6 is 11.6 Å². The molecule has 156 valence electrons. The summed E-state index contributed by atoms with van der Waals surface area (Å²) in [6.07, 6.45) is 1.46. The van der Waals surface area contributed by atoms with E-state index in [-0.39, 0.29) is 22.1 Å². The van der Waals surface area contributed by atoms with Gasteiger partial charge in [-0.2, -0.15) is 0 Å². The minimum Gasteiger partial charge on any atom is -0.508 e. The van der Waals surface area contributed by atoms with Crippen molar-refractivity contribution in [2.75, 3.05) is 11.3 Å². The van der Waals surface area contributed by atoms with Gasteiger partial charge in [0, 0.05) is 22.8 Å². The molecular formula is C22H21ClN2O4S. The van der Waals surface area contributed by atoms with Crippen molar-refractivity contribution in [1.82, 2.24) is 5.32 Å². The summed E-state index contributed by atoms with van der Waals surface area (Å²) in [7, 11) is -3.84. The van der Waals surface area contributed by atoms with Gasteiger partial charge in [0.15, 0.2) is 0 Å². The third-order valence-corrected chi connectivity index (χ3v) is 6.00. The molecular weight excluding hydrogens is 424 g/mol. The van der Waals surface area contributed by atoms with Gasteiger partial charge >= 0.3 is 0 Å². The van der Waals surface area contributed by atoms with Crippen LogP contribution < -0.4 is 10.0 Å². The van der Waals surface area contributed by atoms with Crippen LogP contribution in [0, 0.1) is 0 Å². The van der Waals surface area contributed by atoms with E-state index in [9.17, 15) is 18.3 Å². The number of aromatic hydroxyl groups is 1. The van der Waals surface area contributed by atoms with Gasteiger partial charge in [0.2, 0.25) is 0 Å². The first-order valence-electron chi connectivity index (χ1n) is 9.28. The minimum absolute atomic E-state index is 0.00538. The molecule has 0 unspecified atom stereocenters. The van der Waals surface area contributed by atoms with Crippen LogP contribution in [0.25, 0.3) is 0 Å². The third kappa shape index (κ3) is 5.98. The van der Waals surface area contributed by atoms with Gasteiger partial charge in [-0.1, -0.05) is 29.8 Å². The van der Waals surface area contributed by atoms with Crippen molar-refractivity contribution in [2.24, 2.45) is 0 Å². The highest BCUT2D eigenvalue weighted by Gasteiger charge is 2.16. The summed E-state index contributed by atoms with van der Waals surface area (Å²) in [4.78, 5) is 12.4. The summed E-state index contributed by atoms with van der Waals surface area (Å²) < 4.78 is 27.7.